The molecule has 0 bridgehead atoms. The quantitative estimate of drug-likeness (QED) is 0.676. The third-order valence-electron chi connectivity index (χ3n) is 5.69. The van der Waals surface area contributed by atoms with Gasteiger partial charge in [0.05, 0.1) is 30.2 Å². The average molecular weight is 386 g/mol. The van der Waals surface area contributed by atoms with Gasteiger partial charge in [0.15, 0.2) is 0 Å². The molecule has 148 valence electrons. The molecule has 1 fully saturated rings. The highest BCUT2D eigenvalue weighted by atomic mass is 15.1. The van der Waals surface area contributed by atoms with Crippen molar-refractivity contribution in [3.8, 4) is 6.07 Å². The Bertz CT molecular complexity index is 949. The highest BCUT2D eigenvalue weighted by molar-refractivity contribution is 5.37. The van der Waals surface area contributed by atoms with Crippen molar-refractivity contribution in [2.24, 2.45) is 0 Å². The second-order valence-corrected chi connectivity index (χ2v) is 7.70. The first-order chi connectivity index (χ1) is 14.3. The molecular formula is C24H27N5. The van der Waals surface area contributed by atoms with Gasteiger partial charge in [-0.05, 0) is 43.1 Å². The van der Waals surface area contributed by atoms with Gasteiger partial charge in [0, 0.05) is 25.3 Å². The van der Waals surface area contributed by atoms with Crippen molar-refractivity contribution in [1.82, 2.24) is 19.8 Å². The Morgan fingerprint density at radius 1 is 1.00 bits per heavy atom. The number of nitrogens with one attached hydrogen (secondary N) is 1. The Morgan fingerprint density at radius 3 is 2.55 bits per heavy atom. The van der Waals surface area contributed by atoms with E-state index in [2.05, 4.69) is 56.2 Å². The van der Waals surface area contributed by atoms with E-state index in [0.717, 1.165) is 55.8 Å². The van der Waals surface area contributed by atoms with Gasteiger partial charge in [-0.1, -0.05) is 48.5 Å². The van der Waals surface area contributed by atoms with Crippen LogP contribution >= 0.6 is 0 Å². The molecule has 1 N–H and O–H groups in total. The minimum atomic E-state index is 0.539. The van der Waals surface area contributed by atoms with E-state index in [1.165, 1.54) is 5.56 Å². The maximum absolute atomic E-state index is 9.31. The summed E-state index contributed by atoms with van der Waals surface area (Å²) >= 11 is 0. The fourth-order valence-corrected chi connectivity index (χ4v) is 3.97. The van der Waals surface area contributed by atoms with Crippen LogP contribution in [-0.2, 0) is 19.6 Å². The first kappa shape index (κ1) is 19.4. The number of aromatic nitrogens is 2. The summed E-state index contributed by atoms with van der Waals surface area (Å²) in [6.45, 7) is 4.77. The number of benzene rings is 2. The molecule has 1 aliphatic rings. The van der Waals surface area contributed by atoms with E-state index in [4.69, 9.17) is 0 Å². The third kappa shape index (κ3) is 5.11. The molecule has 0 saturated carbocycles. The smallest absolute Gasteiger partial charge is 0.0995 e. The molecule has 5 nitrogen and oxygen atoms in total. The molecule has 0 radical (unpaired) electrons. The van der Waals surface area contributed by atoms with Crippen LogP contribution in [0.4, 0.5) is 0 Å². The second kappa shape index (κ2) is 9.51. The van der Waals surface area contributed by atoms with Gasteiger partial charge in [-0.25, -0.2) is 4.98 Å². The minimum absolute atomic E-state index is 0.539. The van der Waals surface area contributed by atoms with Crippen LogP contribution in [0.1, 0.15) is 35.2 Å². The predicted molar refractivity (Wildman–Crippen MR) is 114 cm³/mol. The summed E-state index contributed by atoms with van der Waals surface area (Å²) in [6.07, 6.45) is 6.11. The molecule has 29 heavy (non-hydrogen) atoms. The molecule has 2 heterocycles. The van der Waals surface area contributed by atoms with Gasteiger partial charge in [0.2, 0.25) is 0 Å². The number of rotatable bonds is 7. The topological polar surface area (TPSA) is 56.9 Å². The Morgan fingerprint density at radius 2 is 1.76 bits per heavy atom. The van der Waals surface area contributed by atoms with Gasteiger partial charge < -0.3 is 9.88 Å². The zero-order chi connectivity index (χ0) is 19.9. The maximum Gasteiger partial charge on any atom is 0.0995 e. The standard InChI is InChI=1S/C24H27N5/c25-14-21-8-4-5-9-22(21)18-29-19-26-15-24(29)16-27-23-10-12-28(13-11-23)17-20-6-2-1-3-7-20/h1-9,15,19,23,27H,10-13,16-18H2. The lowest BCUT2D eigenvalue weighted by Gasteiger charge is -2.32. The Balaban J connectivity index is 1.28. The maximum atomic E-state index is 9.31. The highest BCUT2D eigenvalue weighted by Gasteiger charge is 2.19. The van der Waals surface area contributed by atoms with Gasteiger partial charge >= 0.3 is 0 Å². The summed E-state index contributed by atoms with van der Waals surface area (Å²) < 4.78 is 2.13. The molecule has 0 amide bonds. The zero-order valence-corrected chi connectivity index (χ0v) is 16.7. The van der Waals surface area contributed by atoms with Crippen molar-refractivity contribution in [2.45, 2.75) is 38.5 Å². The van der Waals surface area contributed by atoms with Crippen LogP contribution in [0, 0.1) is 11.3 Å². The van der Waals surface area contributed by atoms with Crippen LogP contribution in [0.15, 0.2) is 67.1 Å². The van der Waals surface area contributed by atoms with Crippen molar-refractivity contribution in [3.05, 3.63) is 89.5 Å². The molecule has 3 aromatic rings. The monoisotopic (exact) mass is 385 g/mol. The van der Waals surface area contributed by atoms with Gasteiger partial charge in [0.25, 0.3) is 0 Å². The summed E-state index contributed by atoms with van der Waals surface area (Å²) in [7, 11) is 0. The van der Waals surface area contributed by atoms with Crippen LogP contribution in [0.25, 0.3) is 0 Å². The number of nitrogens with zero attached hydrogens (tertiary/aromatic N) is 4. The van der Waals surface area contributed by atoms with Crippen LogP contribution in [-0.4, -0.2) is 33.6 Å². The molecule has 5 heteroatoms. The summed E-state index contributed by atoms with van der Waals surface area (Å²) in [4.78, 5) is 6.87. The molecule has 0 atom stereocenters. The first-order valence-corrected chi connectivity index (χ1v) is 10.3. The summed E-state index contributed by atoms with van der Waals surface area (Å²) in [5.41, 5.74) is 4.30. The van der Waals surface area contributed by atoms with E-state index in [1.54, 1.807) is 0 Å². The number of piperidine rings is 1. The van der Waals surface area contributed by atoms with E-state index in [1.807, 2.05) is 36.8 Å². The normalized spacial score (nSPS) is 15.3. The van der Waals surface area contributed by atoms with Crippen LogP contribution in [0.5, 0.6) is 0 Å². The number of nitriles is 1. The fourth-order valence-electron chi connectivity index (χ4n) is 3.97. The zero-order valence-electron chi connectivity index (χ0n) is 16.7. The van der Waals surface area contributed by atoms with E-state index < -0.39 is 0 Å². The first-order valence-electron chi connectivity index (χ1n) is 10.3. The fraction of sp³-hybridized carbons (Fsp3) is 0.333. The van der Waals surface area contributed by atoms with E-state index in [-0.39, 0.29) is 0 Å². The average Bonchev–Trinajstić information content (AvgIpc) is 3.21. The van der Waals surface area contributed by atoms with Crippen LogP contribution in [0.2, 0.25) is 0 Å². The largest absolute Gasteiger partial charge is 0.329 e. The number of hydrogen-bond acceptors (Lipinski definition) is 4. The van der Waals surface area contributed by atoms with Crippen molar-refractivity contribution >= 4 is 0 Å². The minimum Gasteiger partial charge on any atom is -0.329 e. The lowest BCUT2D eigenvalue weighted by molar-refractivity contribution is 0.189. The molecule has 1 aliphatic heterocycles. The molecule has 0 aliphatic carbocycles. The SMILES string of the molecule is N#Cc1ccccc1Cn1cncc1CNC1CCN(Cc2ccccc2)CC1. The summed E-state index contributed by atoms with van der Waals surface area (Å²) in [5, 5.41) is 13.0. The molecule has 4 rings (SSSR count). The van der Waals surface area contributed by atoms with Crippen molar-refractivity contribution in [1.29, 1.82) is 5.26 Å². The molecule has 0 spiro atoms. The second-order valence-electron chi connectivity index (χ2n) is 7.70. The summed E-state index contributed by atoms with van der Waals surface area (Å²) in [6, 6.07) is 21.3. The summed E-state index contributed by atoms with van der Waals surface area (Å²) in [5.74, 6) is 0. The van der Waals surface area contributed by atoms with Crippen molar-refractivity contribution in [3.63, 3.8) is 0 Å². The number of hydrogen-bond donors (Lipinski definition) is 1. The molecule has 1 aromatic heterocycles. The lowest BCUT2D eigenvalue weighted by atomic mass is 10.0. The van der Waals surface area contributed by atoms with Crippen molar-refractivity contribution < 1.29 is 0 Å². The van der Waals surface area contributed by atoms with Gasteiger partial charge in [0.1, 0.15) is 0 Å². The molecule has 2 aromatic carbocycles. The van der Waals surface area contributed by atoms with Crippen molar-refractivity contribution in [2.75, 3.05) is 13.1 Å². The molecular weight excluding hydrogens is 358 g/mol. The Hall–Kier alpha value is -2.94. The van der Waals surface area contributed by atoms with Gasteiger partial charge in [-0.3, -0.25) is 4.90 Å². The Kier molecular flexibility index (Phi) is 6.35. The van der Waals surface area contributed by atoms with E-state index >= 15 is 0 Å². The van der Waals surface area contributed by atoms with Gasteiger partial charge in [-0.2, -0.15) is 5.26 Å². The van der Waals surface area contributed by atoms with E-state index in [9.17, 15) is 5.26 Å². The van der Waals surface area contributed by atoms with Gasteiger partial charge in [-0.15, -0.1) is 0 Å². The van der Waals surface area contributed by atoms with E-state index in [0.29, 0.717) is 12.6 Å². The molecule has 0 unspecified atom stereocenters. The highest BCUT2D eigenvalue weighted by Crippen LogP contribution is 2.15. The van der Waals surface area contributed by atoms with Crippen LogP contribution in [0.3, 0.4) is 0 Å². The Labute approximate surface area is 172 Å². The predicted octanol–water partition coefficient (Wildman–Crippen LogP) is 3.56. The number of imidazole rings is 1. The van der Waals surface area contributed by atoms with Crippen LogP contribution < -0.4 is 5.32 Å². The lowest BCUT2D eigenvalue weighted by Crippen LogP contribution is -2.42. The third-order valence-corrected chi connectivity index (χ3v) is 5.69. The molecule has 1 saturated heterocycles. The number of likely N-dealkylation sites (tertiary alicyclic amines) is 1.